The lowest BCUT2D eigenvalue weighted by atomic mass is 10.2. The van der Waals surface area contributed by atoms with E-state index in [4.69, 9.17) is 5.11 Å². The SMILES string of the molecule is CC(=O)N(c1ccc(C)cc1)C(C)C(=O)O. The number of carbonyl (C=O) groups excluding carboxylic acids is 1. The van der Waals surface area contributed by atoms with Crippen molar-refractivity contribution in [3.05, 3.63) is 29.8 Å². The third-order valence-electron chi connectivity index (χ3n) is 2.40. The highest BCUT2D eigenvalue weighted by Gasteiger charge is 2.24. The van der Waals surface area contributed by atoms with Crippen LogP contribution >= 0.6 is 0 Å². The number of hydrogen-bond donors (Lipinski definition) is 1. The molecule has 0 aromatic heterocycles. The Hall–Kier alpha value is -1.84. The molecule has 0 aliphatic rings. The Balaban J connectivity index is 3.07. The summed E-state index contributed by atoms with van der Waals surface area (Å²) in [4.78, 5) is 23.6. The second-order valence-electron chi connectivity index (χ2n) is 3.74. The second kappa shape index (κ2) is 4.79. The van der Waals surface area contributed by atoms with Gasteiger partial charge in [0.15, 0.2) is 0 Å². The summed E-state index contributed by atoms with van der Waals surface area (Å²) in [7, 11) is 0. The summed E-state index contributed by atoms with van der Waals surface area (Å²) < 4.78 is 0. The fraction of sp³-hybridized carbons (Fsp3) is 0.333. The lowest BCUT2D eigenvalue weighted by Crippen LogP contribution is -2.42. The average molecular weight is 221 g/mol. The Morgan fingerprint density at radius 2 is 1.75 bits per heavy atom. The predicted octanol–water partition coefficient (Wildman–Crippen LogP) is 1.82. The standard InChI is InChI=1S/C12H15NO3/c1-8-4-6-11(7-5-8)13(10(3)14)9(2)12(15)16/h4-7,9H,1-3H3,(H,15,16). The van der Waals surface area contributed by atoms with Crippen molar-refractivity contribution in [3.63, 3.8) is 0 Å². The molecule has 0 bridgehead atoms. The van der Waals surface area contributed by atoms with Crippen LogP contribution in [0.3, 0.4) is 0 Å². The number of hydrogen-bond acceptors (Lipinski definition) is 2. The zero-order valence-corrected chi connectivity index (χ0v) is 9.60. The number of anilines is 1. The minimum atomic E-state index is -1.02. The molecule has 1 aromatic rings. The highest BCUT2D eigenvalue weighted by Crippen LogP contribution is 2.18. The number of benzene rings is 1. The van der Waals surface area contributed by atoms with E-state index in [0.717, 1.165) is 5.56 Å². The molecule has 0 aliphatic carbocycles. The van der Waals surface area contributed by atoms with E-state index in [2.05, 4.69) is 0 Å². The second-order valence-corrected chi connectivity index (χ2v) is 3.74. The molecule has 1 aromatic carbocycles. The average Bonchev–Trinajstić information content (AvgIpc) is 2.20. The van der Waals surface area contributed by atoms with Crippen molar-refractivity contribution >= 4 is 17.6 Å². The largest absolute Gasteiger partial charge is 0.480 e. The lowest BCUT2D eigenvalue weighted by molar-refractivity contribution is -0.139. The maximum absolute atomic E-state index is 11.4. The summed E-state index contributed by atoms with van der Waals surface area (Å²) in [5.41, 5.74) is 1.67. The summed E-state index contributed by atoms with van der Waals surface area (Å²) in [6, 6.07) is 6.33. The quantitative estimate of drug-likeness (QED) is 0.847. The van der Waals surface area contributed by atoms with E-state index in [-0.39, 0.29) is 5.91 Å². The van der Waals surface area contributed by atoms with Gasteiger partial charge in [-0.25, -0.2) is 4.79 Å². The smallest absolute Gasteiger partial charge is 0.326 e. The summed E-state index contributed by atoms with van der Waals surface area (Å²) in [5.74, 6) is -1.30. The number of nitrogens with zero attached hydrogens (tertiary/aromatic N) is 1. The van der Waals surface area contributed by atoms with Gasteiger partial charge in [-0.05, 0) is 26.0 Å². The van der Waals surface area contributed by atoms with Gasteiger partial charge in [0.2, 0.25) is 5.91 Å². The van der Waals surface area contributed by atoms with E-state index in [1.807, 2.05) is 19.1 Å². The van der Waals surface area contributed by atoms with Crippen LogP contribution in [-0.2, 0) is 9.59 Å². The Morgan fingerprint density at radius 1 is 1.25 bits per heavy atom. The molecule has 0 saturated carbocycles. The van der Waals surface area contributed by atoms with Crippen LogP contribution in [0.5, 0.6) is 0 Å². The molecule has 1 rings (SSSR count). The van der Waals surface area contributed by atoms with Gasteiger partial charge >= 0.3 is 5.97 Å². The first-order valence-corrected chi connectivity index (χ1v) is 5.02. The van der Waals surface area contributed by atoms with Crippen LogP contribution in [0.15, 0.2) is 24.3 Å². The van der Waals surface area contributed by atoms with Crippen LogP contribution in [0.2, 0.25) is 0 Å². The van der Waals surface area contributed by atoms with Gasteiger partial charge in [-0.15, -0.1) is 0 Å². The Bertz CT molecular complexity index is 397. The molecular weight excluding hydrogens is 206 g/mol. The van der Waals surface area contributed by atoms with Gasteiger partial charge in [-0.3, -0.25) is 9.69 Å². The van der Waals surface area contributed by atoms with Gasteiger partial charge in [0.05, 0.1) is 0 Å². The topological polar surface area (TPSA) is 57.6 Å². The number of carboxylic acid groups (broad SMARTS) is 1. The summed E-state index contributed by atoms with van der Waals surface area (Å²) in [6.07, 6.45) is 0. The van der Waals surface area contributed by atoms with E-state index >= 15 is 0 Å². The Kier molecular flexibility index (Phi) is 3.66. The number of amides is 1. The molecular formula is C12H15NO3. The van der Waals surface area contributed by atoms with E-state index in [1.54, 1.807) is 12.1 Å². The number of aliphatic carboxylic acids is 1. The van der Waals surface area contributed by atoms with Gasteiger partial charge < -0.3 is 5.11 Å². The molecule has 86 valence electrons. The number of aryl methyl sites for hydroxylation is 1. The summed E-state index contributed by atoms with van der Waals surface area (Å²) in [6.45, 7) is 4.78. The van der Waals surface area contributed by atoms with Crippen molar-refractivity contribution in [2.75, 3.05) is 4.90 Å². The fourth-order valence-corrected chi connectivity index (χ4v) is 1.49. The maximum Gasteiger partial charge on any atom is 0.326 e. The first-order chi connectivity index (χ1) is 7.43. The zero-order valence-electron chi connectivity index (χ0n) is 9.60. The molecule has 4 nitrogen and oxygen atoms in total. The molecule has 0 radical (unpaired) electrons. The van der Waals surface area contributed by atoms with Crippen LogP contribution < -0.4 is 4.90 Å². The molecule has 1 amide bonds. The van der Waals surface area contributed by atoms with Crippen LogP contribution in [0.1, 0.15) is 19.4 Å². The van der Waals surface area contributed by atoms with Gasteiger partial charge in [0, 0.05) is 12.6 Å². The molecule has 4 heteroatoms. The lowest BCUT2D eigenvalue weighted by Gasteiger charge is -2.25. The molecule has 1 N–H and O–H groups in total. The van der Waals surface area contributed by atoms with Crippen molar-refractivity contribution in [2.24, 2.45) is 0 Å². The zero-order chi connectivity index (χ0) is 12.3. The Morgan fingerprint density at radius 3 is 2.12 bits per heavy atom. The highest BCUT2D eigenvalue weighted by molar-refractivity contribution is 5.97. The molecule has 0 fully saturated rings. The maximum atomic E-state index is 11.4. The molecule has 1 unspecified atom stereocenters. The fourth-order valence-electron chi connectivity index (χ4n) is 1.49. The minimum Gasteiger partial charge on any atom is -0.480 e. The minimum absolute atomic E-state index is 0.279. The van der Waals surface area contributed by atoms with Crippen LogP contribution in [0.4, 0.5) is 5.69 Å². The molecule has 0 heterocycles. The first kappa shape index (κ1) is 12.2. The number of carboxylic acids is 1. The van der Waals surface area contributed by atoms with Gasteiger partial charge in [0.1, 0.15) is 6.04 Å². The Labute approximate surface area is 94.5 Å². The molecule has 0 aliphatic heterocycles. The highest BCUT2D eigenvalue weighted by atomic mass is 16.4. The third kappa shape index (κ3) is 2.59. The first-order valence-electron chi connectivity index (χ1n) is 5.02. The van der Waals surface area contributed by atoms with E-state index < -0.39 is 12.0 Å². The van der Waals surface area contributed by atoms with Crippen molar-refractivity contribution in [3.8, 4) is 0 Å². The summed E-state index contributed by atoms with van der Waals surface area (Å²) in [5, 5.41) is 8.92. The molecule has 0 saturated heterocycles. The van der Waals surface area contributed by atoms with Crippen LogP contribution in [0, 0.1) is 6.92 Å². The molecule has 0 spiro atoms. The number of carbonyl (C=O) groups is 2. The molecule has 1 atom stereocenters. The number of rotatable bonds is 3. The van der Waals surface area contributed by atoms with E-state index in [9.17, 15) is 9.59 Å². The monoisotopic (exact) mass is 221 g/mol. The van der Waals surface area contributed by atoms with Gasteiger partial charge in [0.25, 0.3) is 0 Å². The van der Waals surface area contributed by atoms with Crippen LogP contribution in [-0.4, -0.2) is 23.0 Å². The van der Waals surface area contributed by atoms with Crippen molar-refractivity contribution in [2.45, 2.75) is 26.8 Å². The van der Waals surface area contributed by atoms with Gasteiger partial charge in [-0.1, -0.05) is 17.7 Å². The summed E-state index contributed by atoms with van der Waals surface area (Å²) >= 11 is 0. The third-order valence-corrected chi connectivity index (χ3v) is 2.40. The predicted molar refractivity (Wildman–Crippen MR) is 61.4 cm³/mol. The van der Waals surface area contributed by atoms with Crippen molar-refractivity contribution in [1.29, 1.82) is 0 Å². The normalized spacial score (nSPS) is 11.9. The van der Waals surface area contributed by atoms with Crippen molar-refractivity contribution in [1.82, 2.24) is 0 Å². The van der Waals surface area contributed by atoms with Crippen LogP contribution in [0.25, 0.3) is 0 Å². The van der Waals surface area contributed by atoms with Crippen molar-refractivity contribution < 1.29 is 14.7 Å². The van der Waals surface area contributed by atoms with E-state index in [0.29, 0.717) is 5.69 Å². The van der Waals surface area contributed by atoms with E-state index in [1.165, 1.54) is 18.7 Å². The molecule has 16 heavy (non-hydrogen) atoms. The van der Waals surface area contributed by atoms with Gasteiger partial charge in [-0.2, -0.15) is 0 Å².